The highest BCUT2D eigenvalue weighted by Crippen LogP contribution is 2.26. The van der Waals surface area contributed by atoms with Gasteiger partial charge in [-0.05, 0) is 40.0 Å². The van der Waals surface area contributed by atoms with Gasteiger partial charge in [-0.3, -0.25) is 9.69 Å². The predicted molar refractivity (Wildman–Crippen MR) is 70.7 cm³/mol. The monoisotopic (exact) mass is 269 g/mol. The number of hydrogen-bond acceptors (Lipinski definition) is 4. The molecule has 0 heterocycles. The van der Waals surface area contributed by atoms with Crippen LogP contribution in [0, 0.1) is 5.82 Å². The first-order valence-electron chi connectivity index (χ1n) is 6.03. The average molecular weight is 269 g/mol. The van der Waals surface area contributed by atoms with Gasteiger partial charge in [-0.2, -0.15) is 0 Å². The molecule has 2 N–H and O–H groups in total. The molecule has 0 aliphatic heterocycles. The number of ketones is 1. The molecule has 0 aliphatic carbocycles. The molecule has 0 saturated carbocycles. The number of carbonyl (C=O) groups is 1. The number of phenols is 1. The number of carbonyl (C=O) groups excluding carboxylic acids is 1. The minimum Gasteiger partial charge on any atom is -0.507 e. The van der Waals surface area contributed by atoms with Crippen molar-refractivity contribution < 1.29 is 19.4 Å². The second-order valence-corrected chi connectivity index (χ2v) is 5.50. The summed E-state index contributed by atoms with van der Waals surface area (Å²) < 4.78 is 13.4. The second kappa shape index (κ2) is 5.67. The van der Waals surface area contributed by atoms with E-state index in [0.29, 0.717) is 12.1 Å². The normalized spacial score (nSPS) is 11.9. The van der Waals surface area contributed by atoms with Crippen LogP contribution in [0.4, 0.5) is 4.39 Å². The molecule has 1 aromatic rings. The van der Waals surface area contributed by atoms with Gasteiger partial charge < -0.3 is 10.2 Å². The number of phenolic OH excluding ortho intramolecular Hbond substituents is 1. The van der Waals surface area contributed by atoms with Gasteiger partial charge in [0.05, 0.1) is 11.2 Å². The molecule has 1 rings (SSSR count). The van der Waals surface area contributed by atoms with E-state index in [-0.39, 0.29) is 23.6 Å². The third-order valence-electron chi connectivity index (χ3n) is 2.63. The lowest BCUT2D eigenvalue weighted by atomic mass is 10.0. The van der Waals surface area contributed by atoms with Gasteiger partial charge in [-0.15, -0.1) is 0 Å². The topological polar surface area (TPSA) is 60.8 Å². The zero-order valence-corrected chi connectivity index (χ0v) is 11.7. The number of Topliss-reactive ketones (excluding diaryl/α,β-unsaturated/α-hetero) is 1. The van der Waals surface area contributed by atoms with Crippen molar-refractivity contribution in [2.24, 2.45) is 0 Å². The molecular weight excluding hydrogens is 249 g/mol. The third-order valence-corrected chi connectivity index (χ3v) is 2.63. The molecule has 0 amide bonds. The van der Waals surface area contributed by atoms with Crippen LogP contribution >= 0.6 is 0 Å². The predicted octanol–water partition coefficient (Wildman–Crippen LogP) is 1.94. The Bertz CT molecular complexity index is 480. The Kier molecular flexibility index (Phi) is 4.66. The van der Waals surface area contributed by atoms with Crippen molar-refractivity contribution in [3.63, 3.8) is 0 Å². The van der Waals surface area contributed by atoms with Gasteiger partial charge >= 0.3 is 0 Å². The number of aromatic hydroxyl groups is 1. The molecule has 5 heteroatoms. The summed E-state index contributed by atoms with van der Waals surface area (Å²) in [6.45, 7) is 5.21. The summed E-state index contributed by atoms with van der Waals surface area (Å²) in [7, 11) is 1.75. The number of nitrogens with zero attached hydrogens (tertiary/aromatic N) is 1. The second-order valence-electron chi connectivity index (χ2n) is 5.50. The van der Waals surface area contributed by atoms with E-state index >= 15 is 0 Å². The summed E-state index contributed by atoms with van der Waals surface area (Å²) >= 11 is 0. The first-order chi connectivity index (χ1) is 8.60. The summed E-state index contributed by atoms with van der Waals surface area (Å²) in [5.74, 6) is -1.14. The van der Waals surface area contributed by atoms with E-state index in [9.17, 15) is 19.4 Å². The van der Waals surface area contributed by atoms with E-state index in [1.54, 1.807) is 25.8 Å². The van der Waals surface area contributed by atoms with Crippen LogP contribution < -0.4 is 0 Å². The Morgan fingerprint density at radius 2 is 2.00 bits per heavy atom. The van der Waals surface area contributed by atoms with Crippen LogP contribution in [0.15, 0.2) is 12.1 Å². The van der Waals surface area contributed by atoms with Gasteiger partial charge in [0.15, 0.2) is 5.78 Å². The highest BCUT2D eigenvalue weighted by Gasteiger charge is 2.19. The summed E-state index contributed by atoms with van der Waals surface area (Å²) in [6, 6.07) is 2.22. The summed E-state index contributed by atoms with van der Waals surface area (Å²) in [5, 5.41) is 19.7. The highest BCUT2D eigenvalue weighted by molar-refractivity contribution is 5.97. The molecule has 1 aromatic carbocycles. The number of likely N-dealkylation sites (N-methyl/N-ethyl adjacent to an activating group) is 1. The summed E-state index contributed by atoms with van der Waals surface area (Å²) in [4.78, 5) is 13.1. The van der Waals surface area contributed by atoms with Crippen LogP contribution in [0.25, 0.3) is 0 Å². The Morgan fingerprint density at radius 1 is 1.42 bits per heavy atom. The Hall–Kier alpha value is -1.46. The van der Waals surface area contributed by atoms with Crippen molar-refractivity contribution in [1.82, 2.24) is 4.90 Å². The third kappa shape index (κ3) is 4.61. The van der Waals surface area contributed by atoms with Crippen LogP contribution in [0.5, 0.6) is 5.75 Å². The van der Waals surface area contributed by atoms with Crippen LogP contribution in [-0.4, -0.2) is 40.1 Å². The van der Waals surface area contributed by atoms with Crippen molar-refractivity contribution in [3.8, 4) is 5.75 Å². The zero-order chi connectivity index (χ0) is 14.8. The van der Waals surface area contributed by atoms with E-state index in [0.717, 1.165) is 6.07 Å². The van der Waals surface area contributed by atoms with Crippen molar-refractivity contribution in [1.29, 1.82) is 0 Å². The lowest BCUT2D eigenvalue weighted by Gasteiger charge is -2.25. The number of rotatable bonds is 5. The van der Waals surface area contributed by atoms with Gasteiger partial charge in [0.25, 0.3) is 0 Å². The van der Waals surface area contributed by atoms with Crippen LogP contribution in [0.1, 0.15) is 36.7 Å². The molecule has 4 nitrogen and oxygen atoms in total. The lowest BCUT2D eigenvalue weighted by molar-refractivity contribution is 0.0422. The number of aliphatic hydroxyl groups is 1. The molecule has 0 unspecified atom stereocenters. The fourth-order valence-electron chi connectivity index (χ4n) is 2.05. The van der Waals surface area contributed by atoms with E-state index in [2.05, 4.69) is 0 Å². The van der Waals surface area contributed by atoms with Gasteiger partial charge in [-0.1, -0.05) is 0 Å². The molecule has 0 bridgehead atoms. The number of hydrogen-bond donors (Lipinski definition) is 2. The van der Waals surface area contributed by atoms with E-state index in [4.69, 9.17) is 0 Å². The average Bonchev–Trinajstić information content (AvgIpc) is 2.19. The van der Waals surface area contributed by atoms with E-state index in [1.807, 2.05) is 0 Å². The molecular formula is C14H20FNO3. The molecule has 0 atom stereocenters. The van der Waals surface area contributed by atoms with Crippen molar-refractivity contribution in [2.75, 3.05) is 13.6 Å². The Morgan fingerprint density at radius 3 is 2.47 bits per heavy atom. The Balaban J connectivity index is 2.98. The molecule has 19 heavy (non-hydrogen) atoms. The molecule has 0 saturated heterocycles. The quantitative estimate of drug-likeness (QED) is 0.802. The highest BCUT2D eigenvalue weighted by atomic mass is 19.1. The van der Waals surface area contributed by atoms with Crippen LogP contribution in [-0.2, 0) is 6.54 Å². The maximum Gasteiger partial charge on any atom is 0.163 e. The fraction of sp³-hybridized carbons (Fsp3) is 0.500. The van der Waals surface area contributed by atoms with E-state index < -0.39 is 11.4 Å². The number of halogens is 1. The molecule has 0 spiro atoms. The van der Waals surface area contributed by atoms with Crippen LogP contribution in [0.2, 0.25) is 0 Å². The maximum absolute atomic E-state index is 13.4. The maximum atomic E-state index is 13.4. The molecule has 0 aromatic heterocycles. The molecule has 106 valence electrons. The van der Waals surface area contributed by atoms with E-state index in [1.165, 1.54) is 13.0 Å². The van der Waals surface area contributed by atoms with Crippen molar-refractivity contribution in [2.45, 2.75) is 32.9 Å². The smallest absolute Gasteiger partial charge is 0.163 e. The standard InChI is InChI=1S/C14H20FNO3/c1-9(17)12-6-11(15)5-10(13(12)18)7-16(4)8-14(2,3)19/h5-6,18-19H,7-8H2,1-4H3. The van der Waals surface area contributed by atoms with Gasteiger partial charge in [-0.25, -0.2) is 4.39 Å². The fourth-order valence-corrected chi connectivity index (χ4v) is 2.05. The molecule has 0 aliphatic rings. The Labute approximate surface area is 112 Å². The minimum atomic E-state index is -0.888. The van der Waals surface area contributed by atoms with Gasteiger partial charge in [0, 0.05) is 18.7 Å². The molecule has 0 radical (unpaired) electrons. The first-order valence-corrected chi connectivity index (χ1v) is 6.03. The number of benzene rings is 1. The van der Waals surface area contributed by atoms with Crippen LogP contribution in [0.3, 0.4) is 0 Å². The summed E-state index contributed by atoms with van der Waals surface area (Å²) in [6.07, 6.45) is 0. The van der Waals surface area contributed by atoms with Gasteiger partial charge in [0.1, 0.15) is 11.6 Å². The minimum absolute atomic E-state index is 0.0216. The van der Waals surface area contributed by atoms with Crippen molar-refractivity contribution in [3.05, 3.63) is 29.1 Å². The summed E-state index contributed by atoms with van der Waals surface area (Å²) in [5.41, 5.74) is -0.579. The zero-order valence-electron chi connectivity index (χ0n) is 11.7. The SMILES string of the molecule is CC(=O)c1cc(F)cc(CN(C)CC(C)(C)O)c1O. The molecule has 0 fully saturated rings. The van der Waals surface area contributed by atoms with Crippen molar-refractivity contribution >= 4 is 5.78 Å². The largest absolute Gasteiger partial charge is 0.507 e. The van der Waals surface area contributed by atoms with Gasteiger partial charge in [0.2, 0.25) is 0 Å². The first kappa shape index (κ1) is 15.6. The lowest BCUT2D eigenvalue weighted by Crippen LogP contribution is -2.35.